The van der Waals surface area contributed by atoms with E-state index in [1.54, 1.807) is 21.1 Å². The van der Waals surface area contributed by atoms with E-state index in [1.807, 2.05) is 13.8 Å². The summed E-state index contributed by atoms with van der Waals surface area (Å²) < 4.78 is 15.4. The quantitative estimate of drug-likeness (QED) is 0.394. The summed E-state index contributed by atoms with van der Waals surface area (Å²) in [7, 11) is 1.33. The van der Waals surface area contributed by atoms with Crippen LogP contribution in [-0.2, 0) is 18.4 Å². The summed E-state index contributed by atoms with van der Waals surface area (Å²) in [5, 5.41) is 0.876. The molecule has 0 saturated carbocycles. The maximum Gasteiger partial charge on any atom is 0.351 e. The first-order valence-electron chi connectivity index (χ1n) is 4.98. The van der Waals surface area contributed by atoms with Crippen LogP contribution < -0.4 is 0 Å². The maximum absolute atomic E-state index is 11.5. The normalized spacial score (nSPS) is 12.7. The standard InChI is InChI=1S/C10H20O4Si/c1-6-7-14-10(11)8(2)9(3)15(12-4)13-5/h15H,6-7H2,1-5H3. The van der Waals surface area contributed by atoms with Crippen LogP contribution in [0.5, 0.6) is 0 Å². The van der Waals surface area contributed by atoms with Crippen LogP contribution in [0.3, 0.4) is 0 Å². The van der Waals surface area contributed by atoms with Crippen molar-refractivity contribution in [2.24, 2.45) is 0 Å². The molecule has 0 aromatic rings. The molecule has 0 aromatic heterocycles. The molecule has 0 bridgehead atoms. The van der Waals surface area contributed by atoms with Crippen LogP contribution in [0, 0.1) is 0 Å². The Morgan fingerprint density at radius 1 is 1.20 bits per heavy atom. The van der Waals surface area contributed by atoms with Crippen molar-refractivity contribution in [2.45, 2.75) is 27.2 Å². The van der Waals surface area contributed by atoms with Gasteiger partial charge in [-0.25, -0.2) is 4.79 Å². The van der Waals surface area contributed by atoms with Gasteiger partial charge in [0.25, 0.3) is 0 Å². The lowest BCUT2D eigenvalue weighted by molar-refractivity contribution is -0.139. The lowest BCUT2D eigenvalue weighted by atomic mass is 10.3. The molecule has 0 amide bonds. The van der Waals surface area contributed by atoms with Gasteiger partial charge in [0.2, 0.25) is 0 Å². The SMILES string of the molecule is CCCOC(=O)C(C)=C(C)[SiH](OC)OC. The van der Waals surface area contributed by atoms with Crippen LogP contribution in [0.15, 0.2) is 10.8 Å². The molecule has 0 radical (unpaired) electrons. The number of ether oxygens (including phenoxy) is 1. The third-order valence-electron chi connectivity index (χ3n) is 2.12. The first-order chi connectivity index (χ1) is 7.08. The molecule has 5 heteroatoms. The molecule has 0 heterocycles. The number of carbonyl (C=O) groups is 1. The Hall–Kier alpha value is -0.653. The fraction of sp³-hybridized carbons (Fsp3) is 0.700. The zero-order valence-corrected chi connectivity index (χ0v) is 11.3. The summed E-state index contributed by atoms with van der Waals surface area (Å²) in [5.41, 5.74) is 0.601. The summed E-state index contributed by atoms with van der Waals surface area (Å²) in [5.74, 6) is -0.277. The highest BCUT2D eigenvalue weighted by atomic mass is 28.3. The molecular weight excluding hydrogens is 212 g/mol. The van der Waals surface area contributed by atoms with E-state index in [0.29, 0.717) is 12.2 Å². The highest BCUT2D eigenvalue weighted by Gasteiger charge is 2.19. The van der Waals surface area contributed by atoms with Gasteiger partial charge in [-0.05, 0) is 25.5 Å². The van der Waals surface area contributed by atoms with E-state index < -0.39 is 9.28 Å². The fourth-order valence-electron chi connectivity index (χ4n) is 1.09. The number of rotatable bonds is 6. The number of allylic oxidation sites excluding steroid dienone is 1. The van der Waals surface area contributed by atoms with Gasteiger partial charge in [0.1, 0.15) is 0 Å². The molecule has 0 spiro atoms. The molecular formula is C10H20O4Si. The first-order valence-corrected chi connectivity index (χ1v) is 6.50. The van der Waals surface area contributed by atoms with Crippen molar-refractivity contribution in [2.75, 3.05) is 20.8 Å². The molecule has 0 rings (SSSR count). The minimum absolute atomic E-state index is 0.277. The fourth-order valence-corrected chi connectivity index (χ4v) is 2.46. The third-order valence-corrected chi connectivity index (χ3v) is 4.11. The van der Waals surface area contributed by atoms with E-state index in [-0.39, 0.29) is 5.97 Å². The second-order valence-electron chi connectivity index (χ2n) is 3.25. The Labute approximate surface area is 93.1 Å². The van der Waals surface area contributed by atoms with Gasteiger partial charge in [-0.3, -0.25) is 0 Å². The van der Waals surface area contributed by atoms with Gasteiger partial charge in [0, 0.05) is 19.8 Å². The summed E-state index contributed by atoms with van der Waals surface area (Å²) in [6.07, 6.45) is 0.827. The van der Waals surface area contributed by atoms with E-state index >= 15 is 0 Å². The van der Waals surface area contributed by atoms with Crippen molar-refractivity contribution in [1.29, 1.82) is 0 Å². The van der Waals surface area contributed by atoms with Crippen molar-refractivity contribution >= 4 is 15.3 Å². The Balaban J connectivity index is 4.53. The minimum Gasteiger partial charge on any atom is -0.462 e. The van der Waals surface area contributed by atoms with Crippen molar-refractivity contribution < 1.29 is 18.4 Å². The molecule has 0 atom stereocenters. The monoisotopic (exact) mass is 232 g/mol. The average molecular weight is 232 g/mol. The van der Waals surface area contributed by atoms with Crippen molar-refractivity contribution in [3.05, 3.63) is 10.8 Å². The molecule has 15 heavy (non-hydrogen) atoms. The first kappa shape index (κ1) is 14.3. The van der Waals surface area contributed by atoms with Gasteiger partial charge in [-0.2, -0.15) is 0 Å². The lowest BCUT2D eigenvalue weighted by Gasteiger charge is -2.14. The van der Waals surface area contributed by atoms with Gasteiger partial charge >= 0.3 is 15.3 Å². The summed E-state index contributed by atoms with van der Waals surface area (Å²) in [4.78, 5) is 11.5. The zero-order chi connectivity index (χ0) is 11.8. The molecule has 0 unspecified atom stereocenters. The van der Waals surface area contributed by atoms with Gasteiger partial charge in [-0.1, -0.05) is 6.92 Å². The smallest absolute Gasteiger partial charge is 0.351 e. The second-order valence-corrected chi connectivity index (χ2v) is 5.72. The number of esters is 1. The molecule has 0 fully saturated rings. The summed E-state index contributed by atoms with van der Waals surface area (Å²) in [6.45, 7) is 6.01. The molecule has 0 N–H and O–H groups in total. The molecule has 0 saturated heterocycles. The largest absolute Gasteiger partial charge is 0.462 e. The molecule has 0 aliphatic carbocycles. The van der Waals surface area contributed by atoms with Crippen molar-refractivity contribution in [3.63, 3.8) is 0 Å². The number of hydrogen-bond donors (Lipinski definition) is 0. The number of carbonyl (C=O) groups excluding carboxylic acids is 1. The van der Waals surface area contributed by atoms with E-state index in [0.717, 1.165) is 11.6 Å². The molecule has 0 aliphatic rings. The molecule has 0 aliphatic heterocycles. The van der Waals surface area contributed by atoms with Crippen LogP contribution in [-0.4, -0.2) is 36.1 Å². The molecule has 4 nitrogen and oxygen atoms in total. The predicted molar refractivity (Wildman–Crippen MR) is 60.8 cm³/mol. The maximum atomic E-state index is 11.5. The minimum atomic E-state index is -1.86. The second kappa shape index (κ2) is 7.61. The van der Waals surface area contributed by atoms with Gasteiger partial charge in [0.05, 0.1) is 6.61 Å². The number of hydrogen-bond acceptors (Lipinski definition) is 4. The Morgan fingerprint density at radius 3 is 2.13 bits per heavy atom. The highest BCUT2D eigenvalue weighted by molar-refractivity contribution is 6.54. The van der Waals surface area contributed by atoms with E-state index in [4.69, 9.17) is 13.6 Å². The topological polar surface area (TPSA) is 44.8 Å². The van der Waals surface area contributed by atoms with Crippen LogP contribution in [0.25, 0.3) is 0 Å². The van der Waals surface area contributed by atoms with Gasteiger partial charge in [-0.15, -0.1) is 0 Å². The van der Waals surface area contributed by atoms with Crippen LogP contribution >= 0.6 is 0 Å². The Kier molecular flexibility index (Phi) is 7.28. The van der Waals surface area contributed by atoms with Crippen LogP contribution in [0.4, 0.5) is 0 Å². The average Bonchev–Trinajstić information content (AvgIpc) is 2.26. The van der Waals surface area contributed by atoms with Crippen molar-refractivity contribution in [3.8, 4) is 0 Å². The van der Waals surface area contributed by atoms with E-state index in [2.05, 4.69) is 0 Å². The molecule has 88 valence electrons. The third kappa shape index (κ3) is 4.59. The van der Waals surface area contributed by atoms with Gasteiger partial charge in [0.15, 0.2) is 0 Å². The molecule has 0 aromatic carbocycles. The Bertz CT molecular complexity index is 234. The van der Waals surface area contributed by atoms with Crippen molar-refractivity contribution in [1.82, 2.24) is 0 Å². The summed E-state index contributed by atoms with van der Waals surface area (Å²) >= 11 is 0. The van der Waals surface area contributed by atoms with Gasteiger partial charge < -0.3 is 13.6 Å². The lowest BCUT2D eigenvalue weighted by Crippen LogP contribution is -2.24. The predicted octanol–water partition coefficient (Wildman–Crippen LogP) is 1.33. The Morgan fingerprint density at radius 2 is 1.73 bits per heavy atom. The van der Waals surface area contributed by atoms with Crippen LogP contribution in [0.1, 0.15) is 27.2 Å². The summed E-state index contributed by atoms with van der Waals surface area (Å²) in [6, 6.07) is 0. The highest BCUT2D eigenvalue weighted by Crippen LogP contribution is 2.10. The van der Waals surface area contributed by atoms with Crippen LogP contribution in [0.2, 0.25) is 0 Å². The van der Waals surface area contributed by atoms with E-state index in [1.165, 1.54) is 0 Å². The zero-order valence-electron chi connectivity index (χ0n) is 10.1. The van der Waals surface area contributed by atoms with E-state index in [9.17, 15) is 4.79 Å².